The van der Waals surface area contributed by atoms with E-state index in [1.165, 1.54) is 0 Å². The molecule has 0 bridgehead atoms. The summed E-state index contributed by atoms with van der Waals surface area (Å²) in [7, 11) is 1.74. The first-order chi connectivity index (χ1) is 9.56. The molecule has 1 aromatic rings. The van der Waals surface area contributed by atoms with E-state index < -0.39 is 5.97 Å². The Hall–Kier alpha value is -2.18. The zero-order chi connectivity index (χ0) is 14.5. The van der Waals surface area contributed by atoms with Crippen molar-refractivity contribution in [3.63, 3.8) is 0 Å². The van der Waals surface area contributed by atoms with E-state index in [1.807, 2.05) is 0 Å². The van der Waals surface area contributed by atoms with E-state index in [0.717, 1.165) is 0 Å². The number of carboxylic acids is 1. The van der Waals surface area contributed by atoms with Gasteiger partial charge < -0.3 is 15.3 Å². The molecule has 2 N–H and O–H groups in total. The van der Waals surface area contributed by atoms with E-state index in [0.29, 0.717) is 25.2 Å². The Bertz CT molecular complexity index is 480. The van der Waals surface area contributed by atoms with Gasteiger partial charge in [-0.3, -0.25) is 9.59 Å². The quantitative estimate of drug-likeness (QED) is 0.803. The van der Waals surface area contributed by atoms with Crippen LogP contribution in [-0.4, -0.2) is 46.6 Å². The lowest BCUT2D eigenvalue weighted by Crippen LogP contribution is -2.40. The first kappa shape index (κ1) is 14.2. The highest BCUT2D eigenvalue weighted by molar-refractivity contribution is 5.81. The number of nitrogens with one attached hydrogen (secondary N) is 1. The minimum absolute atomic E-state index is 0.0475. The van der Waals surface area contributed by atoms with Crippen molar-refractivity contribution < 1.29 is 14.7 Å². The third-order valence-corrected chi connectivity index (χ3v) is 3.42. The minimum atomic E-state index is -0.781. The number of hydrogen-bond donors (Lipinski definition) is 2. The van der Waals surface area contributed by atoms with Crippen LogP contribution in [0, 0.1) is 5.92 Å². The number of amides is 1. The van der Waals surface area contributed by atoms with Gasteiger partial charge in [0.1, 0.15) is 0 Å². The summed E-state index contributed by atoms with van der Waals surface area (Å²) in [6.07, 6.45) is 5.08. The maximum absolute atomic E-state index is 11.9. The van der Waals surface area contributed by atoms with Crippen LogP contribution in [0.4, 0.5) is 5.95 Å². The molecule has 1 amide bonds. The summed E-state index contributed by atoms with van der Waals surface area (Å²) in [6.45, 7) is 0.151. The molecular formula is C13H18N4O3. The molecule has 1 aliphatic carbocycles. The van der Waals surface area contributed by atoms with Gasteiger partial charge >= 0.3 is 5.97 Å². The Morgan fingerprint density at radius 1 is 1.40 bits per heavy atom. The van der Waals surface area contributed by atoms with Crippen LogP contribution in [-0.2, 0) is 9.59 Å². The highest BCUT2D eigenvalue weighted by atomic mass is 16.4. The van der Waals surface area contributed by atoms with Crippen molar-refractivity contribution in [1.82, 2.24) is 15.3 Å². The Kier molecular flexibility index (Phi) is 4.49. The van der Waals surface area contributed by atoms with Crippen LogP contribution in [0.25, 0.3) is 0 Å². The average molecular weight is 278 g/mol. The number of likely N-dealkylation sites (N-methyl/N-ethyl adjacent to an activating group) is 1. The lowest BCUT2D eigenvalue weighted by Gasteiger charge is -2.18. The highest BCUT2D eigenvalue weighted by Gasteiger charge is 2.30. The fraction of sp³-hybridized carbons (Fsp3) is 0.538. The fourth-order valence-corrected chi connectivity index (χ4v) is 2.38. The number of carboxylic acid groups (broad SMARTS) is 1. The molecule has 1 saturated carbocycles. The van der Waals surface area contributed by atoms with Crippen molar-refractivity contribution in [2.75, 3.05) is 18.5 Å². The third kappa shape index (κ3) is 3.66. The molecule has 0 aromatic carbocycles. The van der Waals surface area contributed by atoms with Crippen LogP contribution in [0.5, 0.6) is 0 Å². The lowest BCUT2D eigenvalue weighted by atomic mass is 10.1. The fourth-order valence-electron chi connectivity index (χ4n) is 2.38. The Morgan fingerprint density at radius 3 is 2.70 bits per heavy atom. The summed E-state index contributed by atoms with van der Waals surface area (Å²) >= 11 is 0. The molecule has 108 valence electrons. The normalized spacial score (nSPS) is 21.4. The van der Waals surface area contributed by atoms with Crippen molar-refractivity contribution in [3.05, 3.63) is 18.5 Å². The molecule has 2 rings (SSSR count). The molecule has 1 aliphatic rings. The van der Waals surface area contributed by atoms with Crippen LogP contribution in [0.3, 0.4) is 0 Å². The largest absolute Gasteiger partial charge is 0.481 e. The van der Waals surface area contributed by atoms with Crippen LogP contribution < -0.4 is 10.2 Å². The molecule has 7 nitrogen and oxygen atoms in total. The standard InChI is InChI=1S/C13H18N4O3/c1-17(13-14-5-2-6-15-13)8-11(18)16-10-4-3-9(7-10)12(19)20/h2,5-6,9-10H,3-4,7-8H2,1H3,(H,16,18)(H,19,20). The number of aliphatic carboxylic acids is 1. The van der Waals surface area contributed by atoms with E-state index in [4.69, 9.17) is 5.11 Å². The number of aromatic nitrogens is 2. The van der Waals surface area contributed by atoms with E-state index in [2.05, 4.69) is 15.3 Å². The van der Waals surface area contributed by atoms with E-state index in [-0.39, 0.29) is 24.4 Å². The maximum atomic E-state index is 11.9. The van der Waals surface area contributed by atoms with E-state index >= 15 is 0 Å². The first-order valence-corrected chi connectivity index (χ1v) is 6.56. The van der Waals surface area contributed by atoms with Gasteiger partial charge in [-0.15, -0.1) is 0 Å². The SMILES string of the molecule is CN(CC(=O)NC1CCC(C(=O)O)C1)c1ncccn1. The predicted molar refractivity (Wildman–Crippen MR) is 72.2 cm³/mol. The van der Waals surface area contributed by atoms with Crippen LogP contribution in [0.15, 0.2) is 18.5 Å². The topological polar surface area (TPSA) is 95.4 Å². The molecule has 7 heteroatoms. The second-order valence-corrected chi connectivity index (χ2v) is 5.02. The second-order valence-electron chi connectivity index (χ2n) is 5.02. The highest BCUT2D eigenvalue weighted by Crippen LogP contribution is 2.25. The van der Waals surface area contributed by atoms with Gasteiger partial charge in [0, 0.05) is 25.5 Å². The number of carbonyl (C=O) groups is 2. The molecule has 20 heavy (non-hydrogen) atoms. The lowest BCUT2D eigenvalue weighted by molar-refractivity contribution is -0.141. The minimum Gasteiger partial charge on any atom is -0.481 e. The van der Waals surface area contributed by atoms with Gasteiger partial charge in [0.05, 0.1) is 12.5 Å². The number of anilines is 1. The maximum Gasteiger partial charge on any atom is 0.306 e. The Morgan fingerprint density at radius 2 is 2.10 bits per heavy atom. The molecule has 1 aromatic heterocycles. The van der Waals surface area contributed by atoms with Crippen LogP contribution in [0.2, 0.25) is 0 Å². The molecule has 2 atom stereocenters. The van der Waals surface area contributed by atoms with Gasteiger partial charge in [0.15, 0.2) is 0 Å². The van der Waals surface area contributed by atoms with Gasteiger partial charge in [-0.1, -0.05) is 0 Å². The zero-order valence-electron chi connectivity index (χ0n) is 11.3. The van der Waals surface area contributed by atoms with Crippen molar-refractivity contribution in [2.45, 2.75) is 25.3 Å². The molecule has 0 radical (unpaired) electrons. The zero-order valence-corrected chi connectivity index (χ0v) is 11.3. The van der Waals surface area contributed by atoms with Gasteiger partial charge in [-0.2, -0.15) is 0 Å². The van der Waals surface area contributed by atoms with Gasteiger partial charge in [-0.25, -0.2) is 9.97 Å². The van der Waals surface area contributed by atoms with Gasteiger partial charge in [0.2, 0.25) is 11.9 Å². The summed E-state index contributed by atoms with van der Waals surface area (Å²) in [4.78, 5) is 32.5. The second kappa shape index (κ2) is 6.31. The molecule has 0 spiro atoms. The molecule has 0 saturated heterocycles. The van der Waals surface area contributed by atoms with Gasteiger partial charge in [-0.05, 0) is 25.3 Å². The molecule has 2 unspecified atom stereocenters. The Balaban J connectivity index is 1.80. The van der Waals surface area contributed by atoms with E-state index in [9.17, 15) is 9.59 Å². The predicted octanol–water partition coefficient (Wildman–Crippen LogP) is 0.282. The number of hydrogen-bond acceptors (Lipinski definition) is 5. The summed E-state index contributed by atoms with van der Waals surface area (Å²) in [6, 6.07) is 1.66. The average Bonchev–Trinajstić information content (AvgIpc) is 2.88. The number of rotatable bonds is 5. The van der Waals surface area contributed by atoms with Crippen molar-refractivity contribution in [2.24, 2.45) is 5.92 Å². The van der Waals surface area contributed by atoms with E-state index in [1.54, 1.807) is 30.4 Å². The summed E-state index contributed by atoms with van der Waals surface area (Å²) in [5, 5.41) is 11.8. The van der Waals surface area contributed by atoms with Crippen molar-refractivity contribution in [3.8, 4) is 0 Å². The summed E-state index contributed by atoms with van der Waals surface area (Å²) in [5.74, 6) is -0.777. The molecular weight excluding hydrogens is 260 g/mol. The van der Waals surface area contributed by atoms with Crippen molar-refractivity contribution >= 4 is 17.8 Å². The third-order valence-electron chi connectivity index (χ3n) is 3.42. The number of nitrogens with zero attached hydrogens (tertiary/aromatic N) is 3. The van der Waals surface area contributed by atoms with Gasteiger partial charge in [0.25, 0.3) is 0 Å². The van der Waals surface area contributed by atoms with Crippen molar-refractivity contribution in [1.29, 1.82) is 0 Å². The van der Waals surface area contributed by atoms with Crippen LogP contribution >= 0.6 is 0 Å². The summed E-state index contributed by atoms with van der Waals surface area (Å²) < 4.78 is 0. The molecule has 1 fully saturated rings. The monoisotopic (exact) mass is 278 g/mol. The Labute approximate surface area is 117 Å². The molecule has 1 heterocycles. The molecule has 0 aliphatic heterocycles. The first-order valence-electron chi connectivity index (χ1n) is 6.56. The number of carbonyl (C=O) groups excluding carboxylic acids is 1. The van der Waals surface area contributed by atoms with Crippen LogP contribution in [0.1, 0.15) is 19.3 Å². The smallest absolute Gasteiger partial charge is 0.306 e. The summed E-state index contributed by atoms with van der Waals surface area (Å²) in [5.41, 5.74) is 0.